The molecule has 176 valence electrons. The number of rotatable bonds is 2. The largest absolute Gasteiger partial charge is 0.511 e. The van der Waals surface area contributed by atoms with Crippen molar-refractivity contribution in [1.82, 2.24) is 0 Å². The molecule has 0 saturated carbocycles. The average molecular weight is 455 g/mol. The highest BCUT2D eigenvalue weighted by Crippen LogP contribution is 2.55. The first-order chi connectivity index (χ1) is 15.2. The van der Waals surface area contributed by atoms with Crippen LogP contribution in [0.1, 0.15) is 55.9 Å². The molecular weight excluding hydrogens is 424 g/mol. The van der Waals surface area contributed by atoms with E-state index in [9.17, 15) is 30.0 Å². The highest BCUT2D eigenvalue weighted by Gasteiger charge is 2.59. The molecule has 4 rings (SSSR count). The minimum atomic E-state index is -2.41. The van der Waals surface area contributed by atoms with Crippen LogP contribution in [0.3, 0.4) is 0 Å². The summed E-state index contributed by atoms with van der Waals surface area (Å²) < 4.78 is 0. The summed E-state index contributed by atoms with van der Waals surface area (Å²) in [7, 11) is 0. The molecule has 0 radical (unpaired) electrons. The molecule has 0 heterocycles. The Morgan fingerprint density at radius 2 is 1.88 bits per heavy atom. The summed E-state index contributed by atoms with van der Waals surface area (Å²) >= 11 is 0. The number of allylic oxidation sites excluding steroid dienone is 3. The van der Waals surface area contributed by atoms with Gasteiger partial charge in [0, 0.05) is 35.6 Å². The molecule has 3 atom stereocenters. The Kier molecular flexibility index (Phi) is 5.03. The first kappa shape index (κ1) is 23.1. The topological polar surface area (TPSA) is 167 Å². The van der Waals surface area contributed by atoms with Crippen molar-refractivity contribution in [2.45, 2.75) is 57.6 Å². The van der Waals surface area contributed by atoms with E-state index in [1.807, 2.05) is 26.8 Å². The van der Waals surface area contributed by atoms with Gasteiger partial charge in [-0.15, -0.1) is 0 Å². The Morgan fingerprint density at radius 1 is 1.24 bits per heavy atom. The van der Waals surface area contributed by atoms with Gasteiger partial charge in [-0.2, -0.15) is 0 Å². The Balaban J connectivity index is 1.95. The number of fused-ring (bicyclic) bond motifs is 3. The number of primary amides is 1. The van der Waals surface area contributed by atoms with Gasteiger partial charge in [0.05, 0.1) is 0 Å². The Hall–Kier alpha value is -3.10. The van der Waals surface area contributed by atoms with E-state index < -0.39 is 45.7 Å². The number of amides is 1. The number of hydrogen-bond acceptors (Lipinski definition) is 7. The van der Waals surface area contributed by atoms with Crippen LogP contribution in [0.2, 0.25) is 0 Å². The molecule has 0 spiro atoms. The molecule has 3 aliphatic carbocycles. The third-order valence-corrected chi connectivity index (χ3v) is 7.34. The fourth-order valence-corrected chi connectivity index (χ4v) is 5.69. The van der Waals surface area contributed by atoms with Crippen LogP contribution in [0.25, 0.3) is 5.57 Å². The van der Waals surface area contributed by atoms with Gasteiger partial charge in [0.1, 0.15) is 22.8 Å². The number of ketones is 1. The minimum absolute atomic E-state index is 0.0258. The molecule has 0 bridgehead atoms. The zero-order valence-corrected chi connectivity index (χ0v) is 19.0. The van der Waals surface area contributed by atoms with Gasteiger partial charge in [-0.25, -0.2) is 0 Å². The minimum Gasteiger partial charge on any atom is -0.511 e. The van der Waals surface area contributed by atoms with Gasteiger partial charge in [-0.05, 0) is 46.9 Å². The van der Waals surface area contributed by atoms with E-state index in [0.29, 0.717) is 23.1 Å². The monoisotopic (exact) mass is 454 g/mol. The molecule has 0 saturated heterocycles. The van der Waals surface area contributed by atoms with Crippen LogP contribution in [0, 0.1) is 11.8 Å². The van der Waals surface area contributed by atoms with Crippen molar-refractivity contribution in [1.29, 1.82) is 0 Å². The third kappa shape index (κ3) is 3.04. The SMILES string of the molecule is C=C1C2=C(O)[C@]3(O)C(=O)C(C(N)=O)=C(O)C[C@@H]3C[C@@H]2Cc2c(CN)cc(C(C)(C)C)c(O)c21. The first-order valence-electron chi connectivity index (χ1n) is 11.0. The van der Waals surface area contributed by atoms with Crippen molar-refractivity contribution in [3.05, 3.63) is 57.6 Å². The second-order valence-electron chi connectivity index (χ2n) is 10.3. The number of carbonyl (C=O) groups excluding carboxylic acids is 2. The molecule has 1 aromatic carbocycles. The van der Waals surface area contributed by atoms with Crippen molar-refractivity contribution in [3.8, 4) is 5.75 Å². The lowest BCUT2D eigenvalue weighted by Crippen LogP contribution is -2.56. The average Bonchev–Trinajstić information content (AvgIpc) is 2.69. The van der Waals surface area contributed by atoms with Gasteiger partial charge in [0.15, 0.2) is 5.60 Å². The maximum absolute atomic E-state index is 13.1. The Morgan fingerprint density at radius 3 is 2.42 bits per heavy atom. The highest BCUT2D eigenvalue weighted by atomic mass is 16.3. The van der Waals surface area contributed by atoms with E-state index in [1.54, 1.807) is 0 Å². The number of phenolic OH excluding ortho intramolecular Hbond substituents is 1. The van der Waals surface area contributed by atoms with E-state index >= 15 is 0 Å². The summed E-state index contributed by atoms with van der Waals surface area (Å²) in [4.78, 5) is 24.8. The lowest BCUT2D eigenvalue weighted by Gasteiger charge is -2.47. The molecule has 8 nitrogen and oxygen atoms in total. The van der Waals surface area contributed by atoms with Crippen LogP contribution in [0.4, 0.5) is 0 Å². The second kappa shape index (κ2) is 7.20. The third-order valence-electron chi connectivity index (χ3n) is 7.34. The number of aliphatic hydroxyl groups excluding tert-OH is 2. The number of aromatic hydroxyl groups is 1. The van der Waals surface area contributed by atoms with Gasteiger partial charge < -0.3 is 31.9 Å². The number of nitrogens with two attached hydrogens (primary N) is 2. The standard InChI is InChI=1S/C25H30N2O6/c1-10-17-11(6-14-12(9-26)7-15(24(2,3)4)20(29)18(10)14)5-13-8-16(28)19(23(27)32)22(31)25(13,33)21(17)30/h7,11,13,28-30,33H,1,5-6,8-9,26H2,2-4H3,(H2,27,32)/t11-,13+,25+/m1/s1. The lowest BCUT2D eigenvalue weighted by molar-refractivity contribution is -0.144. The molecule has 0 unspecified atom stereocenters. The Bertz CT molecular complexity index is 1190. The van der Waals surface area contributed by atoms with Crippen LogP contribution in [0.5, 0.6) is 5.75 Å². The molecular formula is C25H30N2O6. The highest BCUT2D eigenvalue weighted by molar-refractivity contribution is 6.23. The number of benzene rings is 1. The smallest absolute Gasteiger partial charge is 0.255 e. The van der Waals surface area contributed by atoms with Crippen molar-refractivity contribution < 1.29 is 30.0 Å². The van der Waals surface area contributed by atoms with Crippen LogP contribution < -0.4 is 11.5 Å². The first-order valence-corrected chi connectivity index (χ1v) is 11.0. The number of Topliss-reactive ketones (excluding diaryl/α,β-unsaturated/α-hetero) is 1. The van der Waals surface area contributed by atoms with Crippen LogP contribution in [-0.4, -0.2) is 37.7 Å². The van der Waals surface area contributed by atoms with E-state index in [0.717, 1.165) is 11.1 Å². The molecule has 0 aromatic heterocycles. The van der Waals surface area contributed by atoms with Crippen molar-refractivity contribution in [3.63, 3.8) is 0 Å². The summed E-state index contributed by atoms with van der Waals surface area (Å²) in [5, 5.41) is 44.1. The van der Waals surface area contributed by atoms with Crippen LogP contribution in [-0.2, 0) is 28.0 Å². The molecule has 8 heteroatoms. The van der Waals surface area contributed by atoms with Gasteiger partial charge in [0.25, 0.3) is 5.91 Å². The number of carbonyl (C=O) groups is 2. The number of hydrogen-bond donors (Lipinski definition) is 6. The zero-order chi connectivity index (χ0) is 24.6. The van der Waals surface area contributed by atoms with Crippen molar-refractivity contribution in [2.24, 2.45) is 23.3 Å². The summed E-state index contributed by atoms with van der Waals surface area (Å²) in [6.07, 6.45) is 0.486. The van der Waals surface area contributed by atoms with E-state index in [4.69, 9.17) is 11.5 Å². The number of phenols is 1. The predicted molar refractivity (Wildman–Crippen MR) is 122 cm³/mol. The zero-order valence-electron chi connectivity index (χ0n) is 19.0. The lowest BCUT2D eigenvalue weighted by atomic mass is 9.59. The molecule has 1 amide bonds. The second-order valence-corrected chi connectivity index (χ2v) is 10.3. The quantitative estimate of drug-likeness (QED) is 0.372. The van der Waals surface area contributed by atoms with Gasteiger partial charge in [-0.1, -0.05) is 27.4 Å². The Labute approximate surface area is 191 Å². The van der Waals surface area contributed by atoms with E-state index in [1.165, 1.54) is 0 Å². The maximum atomic E-state index is 13.1. The normalized spacial score (nSPS) is 27.3. The molecule has 0 fully saturated rings. The number of aliphatic hydroxyl groups is 3. The molecule has 8 N–H and O–H groups in total. The van der Waals surface area contributed by atoms with Crippen LogP contribution >= 0.6 is 0 Å². The van der Waals surface area contributed by atoms with Crippen molar-refractivity contribution in [2.75, 3.05) is 0 Å². The predicted octanol–water partition coefficient (Wildman–Crippen LogP) is 2.17. The van der Waals surface area contributed by atoms with Gasteiger partial charge >= 0.3 is 0 Å². The maximum Gasteiger partial charge on any atom is 0.255 e. The fourth-order valence-electron chi connectivity index (χ4n) is 5.69. The molecule has 33 heavy (non-hydrogen) atoms. The summed E-state index contributed by atoms with van der Waals surface area (Å²) in [5.74, 6) is -4.53. The van der Waals surface area contributed by atoms with E-state index in [2.05, 4.69) is 6.58 Å². The summed E-state index contributed by atoms with van der Waals surface area (Å²) in [6, 6.07) is 1.90. The molecule has 3 aliphatic rings. The van der Waals surface area contributed by atoms with Crippen molar-refractivity contribution >= 4 is 17.3 Å². The molecule has 0 aliphatic heterocycles. The van der Waals surface area contributed by atoms with E-state index in [-0.39, 0.29) is 36.6 Å². The van der Waals surface area contributed by atoms with Crippen LogP contribution in [0.15, 0.2) is 35.3 Å². The summed E-state index contributed by atoms with van der Waals surface area (Å²) in [6.45, 7) is 10.2. The fraction of sp³-hybridized carbons (Fsp3) is 0.440. The molecule has 1 aromatic rings. The summed E-state index contributed by atoms with van der Waals surface area (Å²) in [5.41, 5.74) is 11.2. The van der Waals surface area contributed by atoms with Gasteiger partial charge in [0.2, 0.25) is 5.78 Å². The van der Waals surface area contributed by atoms with Gasteiger partial charge in [-0.3, -0.25) is 9.59 Å².